The van der Waals surface area contributed by atoms with Crippen molar-refractivity contribution in [1.82, 2.24) is 25.2 Å². The lowest BCUT2D eigenvalue weighted by molar-refractivity contribution is 0.370. The topological polar surface area (TPSA) is 68.8 Å². The van der Waals surface area contributed by atoms with Crippen molar-refractivity contribution < 1.29 is 4.52 Å². The van der Waals surface area contributed by atoms with Gasteiger partial charge in [-0.15, -0.1) is 0 Å². The van der Waals surface area contributed by atoms with Gasteiger partial charge in [0.2, 0.25) is 5.89 Å². The van der Waals surface area contributed by atoms with Gasteiger partial charge in [-0.05, 0) is 20.8 Å². The first-order valence-electron chi connectivity index (χ1n) is 6.09. The minimum Gasteiger partial charge on any atom is -0.339 e. The third kappa shape index (κ3) is 2.95. The highest BCUT2D eigenvalue weighted by molar-refractivity contribution is 5.19. The van der Waals surface area contributed by atoms with Crippen LogP contribution in [0.15, 0.2) is 10.7 Å². The van der Waals surface area contributed by atoms with E-state index in [4.69, 9.17) is 4.52 Å². The number of nitrogens with zero attached hydrogens (tertiary/aromatic N) is 4. The van der Waals surface area contributed by atoms with Crippen molar-refractivity contribution in [3.63, 3.8) is 0 Å². The second-order valence-electron chi connectivity index (χ2n) is 4.50. The molecule has 1 atom stereocenters. The number of aromatic nitrogens is 4. The first-order chi connectivity index (χ1) is 8.56. The van der Waals surface area contributed by atoms with Gasteiger partial charge in [-0.1, -0.05) is 5.16 Å². The maximum atomic E-state index is 5.06. The molecule has 0 aliphatic rings. The number of rotatable bonds is 5. The molecule has 0 saturated heterocycles. The van der Waals surface area contributed by atoms with Gasteiger partial charge in [-0.25, -0.2) is 0 Å². The third-order valence-electron chi connectivity index (χ3n) is 2.88. The standard InChI is InChI=1S/C12H19N5O/c1-8(11-7-17(4)15-9(11)2)13-6-5-12-14-10(3)16-18-12/h7-8,13H,5-6H2,1-4H3. The van der Waals surface area contributed by atoms with E-state index in [0.29, 0.717) is 11.7 Å². The molecule has 18 heavy (non-hydrogen) atoms. The first-order valence-corrected chi connectivity index (χ1v) is 6.09. The Hall–Kier alpha value is -1.69. The summed E-state index contributed by atoms with van der Waals surface area (Å²) < 4.78 is 6.90. The van der Waals surface area contributed by atoms with Gasteiger partial charge < -0.3 is 9.84 Å². The van der Waals surface area contributed by atoms with Crippen LogP contribution in [-0.4, -0.2) is 26.5 Å². The van der Waals surface area contributed by atoms with E-state index in [1.165, 1.54) is 5.56 Å². The van der Waals surface area contributed by atoms with Crippen LogP contribution in [-0.2, 0) is 13.5 Å². The average Bonchev–Trinajstić information content (AvgIpc) is 2.85. The summed E-state index contributed by atoms with van der Waals surface area (Å²) in [6.07, 6.45) is 2.79. The Bertz CT molecular complexity index is 516. The van der Waals surface area contributed by atoms with Crippen LogP contribution in [0.25, 0.3) is 0 Å². The summed E-state index contributed by atoms with van der Waals surface area (Å²) in [5, 5.41) is 11.5. The molecule has 2 rings (SSSR count). The molecule has 6 heteroatoms. The molecule has 0 aliphatic carbocycles. The van der Waals surface area contributed by atoms with Crippen LogP contribution in [0.1, 0.15) is 35.9 Å². The van der Waals surface area contributed by atoms with Crippen molar-refractivity contribution in [1.29, 1.82) is 0 Å². The van der Waals surface area contributed by atoms with Gasteiger partial charge in [0, 0.05) is 37.8 Å². The Labute approximate surface area is 106 Å². The average molecular weight is 249 g/mol. The molecule has 0 bridgehead atoms. The molecule has 0 aliphatic heterocycles. The van der Waals surface area contributed by atoms with Crippen molar-refractivity contribution in [2.45, 2.75) is 33.2 Å². The van der Waals surface area contributed by atoms with Crippen molar-refractivity contribution in [3.05, 3.63) is 29.2 Å². The first kappa shape index (κ1) is 12.8. The van der Waals surface area contributed by atoms with E-state index in [1.54, 1.807) is 0 Å². The van der Waals surface area contributed by atoms with E-state index in [-0.39, 0.29) is 6.04 Å². The summed E-state index contributed by atoms with van der Waals surface area (Å²) in [6, 6.07) is 0.266. The van der Waals surface area contributed by atoms with Crippen LogP contribution in [0.2, 0.25) is 0 Å². The van der Waals surface area contributed by atoms with E-state index in [9.17, 15) is 0 Å². The molecule has 1 N–H and O–H groups in total. The van der Waals surface area contributed by atoms with Crippen LogP contribution < -0.4 is 5.32 Å². The zero-order valence-corrected chi connectivity index (χ0v) is 11.3. The molecule has 2 aromatic heterocycles. The van der Waals surface area contributed by atoms with Crippen molar-refractivity contribution in [3.8, 4) is 0 Å². The number of hydrogen-bond donors (Lipinski definition) is 1. The summed E-state index contributed by atoms with van der Waals surface area (Å²) in [6.45, 7) is 6.77. The van der Waals surface area contributed by atoms with Gasteiger partial charge in [0.15, 0.2) is 5.82 Å². The maximum absolute atomic E-state index is 5.06. The van der Waals surface area contributed by atoms with Gasteiger partial charge in [0.05, 0.1) is 5.69 Å². The fourth-order valence-corrected chi connectivity index (χ4v) is 1.99. The Kier molecular flexibility index (Phi) is 3.76. The molecule has 2 heterocycles. The molecule has 2 aromatic rings. The zero-order chi connectivity index (χ0) is 13.1. The van der Waals surface area contributed by atoms with Gasteiger partial charge in [0.25, 0.3) is 0 Å². The Morgan fingerprint density at radius 2 is 2.22 bits per heavy atom. The fourth-order valence-electron chi connectivity index (χ4n) is 1.99. The minimum absolute atomic E-state index is 0.266. The smallest absolute Gasteiger partial charge is 0.227 e. The van der Waals surface area contributed by atoms with E-state index in [1.807, 2.05) is 31.8 Å². The third-order valence-corrected chi connectivity index (χ3v) is 2.88. The summed E-state index contributed by atoms with van der Waals surface area (Å²) in [5.41, 5.74) is 2.28. The van der Waals surface area contributed by atoms with E-state index >= 15 is 0 Å². The van der Waals surface area contributed by atoms with Gasteiger partial charge in [-0.3, -0.25) is 4.68 Å². The predicted octanol–water partition coefficient (Wildman–Crippen LogP) is 1.31. The number of aryl methyl sites for hydroxylation is 3. The highest BCUT2D eigenvalue weighted by Gasteiger charge is 2.11. The molecular formula is C12H19N5O. The van der Waals surface area contributed by atoms with Gasteiger partial charge in [-0.2, -0.15) is 10.1 Å². The van der Waals surface area contributed by atoms with Crippen molar-refractivity contribution in [2.75, 3.05) is 6.54 Å². The predicted molar refractivity (Wildman–Crippen MR) is 67.1 cm³/mol. The molecule has 0 radical (unpaired) electrons. The summed E-state index contributed by atoms with van der Waals surface area (Å²) >= 11 is 0. The van der Waals surface area contributed by atoms with E-state index in [0.717, 1.165) is 18.7 Å². The van der Waals surface area contributed by atoms with Crippen molar-refractivity contribution >= 4 is 0 Å². The van der Waals surface area contributed by atoms with Crippen LogP contribution in [0, 0.1) is 13.8 Å². The van der Waals surface area contributed by atoms with Crippen LogP contribution >= 0.6 is 0 Å². The molecule has 98 valence electrons. The Morgan fingerprint density at radius 3 is 2.78 bits per heavy atom. The zero-order valence-electron chi connectivity index (χ0n) is 11.3. The molecule has 1 unspecified atom stereocenters. The normalized spacial score (nSPS) is 12.9. The molecular weight excluding hydrogens is 230 g/mol. The maximum Gasteiger partial charge on any atom is 0.227 e. The highest BCUT2D eigenvalue weighted by Crippen LogP contribution is 2.15. The van der Waals surface area contributed by atoms with Crippen molar-refractivity contribution in [2.24, 2.45) is 7.05 Å². The second-order valence-corrected chi connectivity index (χ2v) is 4.50. The quantitative estimate of drug-likeness (QED) is 0.865. The molecule has 0 amide bonds. The largest absolute Gasteiger partial charge is 0.339 e. The molecule has 0 fully saturated rings. The lowest BCUT2D eigenvalue weighted by Crippen LogP contribution is -2.21. The van der Waals surface area contributed by atoms with Gasteiger partial charge >= 0.3 is 0 Å². The van der Waals surface area contributed by atoms with Crippen LogP contribution in [0.3, 0.4) is 0 Å². The lowest BCUT2D eigenvalue weighted by atomic mass is 10.1. The summed E-state index contributed by atoms with van der Waals surface area (Å²) in [7, 11) is 1.93. The SMILES string of the molecule is Cc1noc(CCNC(C)c2cn(C)nc2C)n1. The molecule has 0 spiro atoms. The minimum atomic E-state index is 0.266. The Balaban J connectivity index is 1.85. The molecule has 6 nitrogen and oxygen atoms in total. The number of nitrogens with one attached hydrogen (secondary N) is 1. The summed E-state index contributed by atoms with van der Waals surface area (Å²) in [4.78, 5) is 4.17. The Morgan fingerprint density at radius 1 is 1.44 bits per heavy atom. The van der Waals surface area contributed by atoms with Gasteiger partial charge in [0.1, 0.15) is 0 Å². The monoisotopic (exact) mass is 249 g/mol. The van der Waals surface area contributed by atoms with E-state index in [2.05, 4.69) is 27.5 Å². The number of hydrogen-bond acceptors (Lipinski definition) is 5. The van der Waals surface area contributed by atoms with E-state index < -0.39 is 0 Å². The second kappa shape index (κ2) is 5.30. The highest BCUT2D eigenvalue weighted by atomic mass is 16.5. The van der Waals surface area contributed by atoms with Crippen LogP contribution in [0.4, 0.5) is 0 Å². The summed E-state index contributed by atoms with van der Waals surface area (Å²) in [5.74, 6) is 1.36. The molecule has 0 saturated carbocycles. The fraction of sp³-hybridized carbons (Fsp3) is 0.583. The van der Waals surface area contributed by atoms with Crippen LogP contribution in [0.5, 0.6) is 0 Å². The molecule has 0 aromatic carbocycles. The lowest BCUT2D eigenvalue weighted by Gasteiger charge is -2.11.